The van der Waals surface area contributed by atoms with Crippen LogP contribution >= 0.6 is 0 Å². The molecule has 1 amide bonds. The van der Waals surface area contributed by atoms with Crippen LogP contribution in [0.5, 0.6) is 5.75 Å². The molecule has 2 aromatic carbocycles. The molecule has 0 N–H and O–H groups in total. The fourth-order valence-corrected chi connectivity index (χ4v) is 4.24. The third kappa shape index (κ3) is 5.16. The standard InChI is InChI=1S/C25H30N4O3/c1-18-7-4-5-9-22(18)24-26-23(32-27-24)17-29-14-6-8-20(16-29)25(30)28(2)15-19-10-12-21(31-3)13-11-19/h4-5,7,9-13,20H,6,8,14-17H2,1-3H3. The number of piperidine rings is 1. The van der Waals surface area contributed by atoms with Gasteiger partial charge in [0.2, 0.25) is 17.6 Å². The second-order valence-electron chi connectivity index (χ2n) is 8.44. The van der Waals surface area contributed by atoms with Crippen molar-refractivity contribution in [2.75, 3.05) is 27.2 Å². The molecule has 1 fully saturated rings. The van der Waals surface area contributed by atoms with Gasteiger partial charge in [0.1, 0.15) is 5.75 Å². The fraction of sp³-hybridized carbons (Fsp3) is 0.400. The van der Waals surface area contributed by atoms with Gasteiger partial charge in [0.25, 0.3) is 0 Å². The fourth-order valence-electron chi connectivity index (χ4n) is 4.24. The molecule has 1 aliphatic heterocycles. The van der Waals surface area contributed by atoms with E-state index in [4.69, 9.17) is 9.26 Å². The van der Waals surface area contributed by atoms with Crippen molar-refractivity contribution in [3.05, 3.63) is 65.5 Å². The zero-order chi connectivity index (χ0) is 22.5. The molecule has 0 bridgehead atoms. The first-order chi connectivity index (χ1) is 15.5. The minimum absolute atomic E-state index is 0.0224. The number of carbonyl (C=O) groups excluding carboxylic acids is 1. The Morgan fingerprint density at radius 3 is 2.75 bits per heavy atom. The summed E-state index contributed by atoms with van der Waals surface area (Å²) in [6, 6.07) is 15.8. The number of aromatic nitrogens is 2. The number of amides is 1. The predicted octanol–water partition coefficient (Wildman–Crippen LogP) is 3.92. The molecule has 1 aliphatic rings. The van der Waals surface area contributed by atoms with Crippen LogP contribution < -0.4 is 4.74 Å². The van der Waals surface area contributed by atoms with E-state index < -0.39 is 0 Å². The van der Waals surface area contributed by atoms with Crippen LogP contribution in [0, 0.1) is 12.8 Å². The summed E-state index contributed by atoms with van der Waals surface area (Å²) in [5, 5.41) is 4.16. The van der Waals surface area contributed by atoms with Crippen LogP contribution in [0.2, 0.25) is 0 Å². The maximum absolute atomic E-state index is 13.1. The molecule has 1 unspecified atom stereocenters. The molecule has 0 radical (unpaired) electrons. The number of methoxy groups -OCH3 is 1. The topological polar surface area (TPSA) is 71.7 Å². The van der Waals surface area contributed by atoms with Crippen LogP contribution in [-0.4, -0.2) is 53.1 Å². The SMILES string of the molecule is COc1ccc(CN(C)C(=O)C2CCCN(Cc3nc(-c4ccccc4C)no3)C2)cc1. The Morgan fingerprint density at radius 1 is 1.22 bits per heavy atom. The molecule has 2 heterocycles. The Kier molecular flexibility index (Phi) is 6.85. The minimum Gasteiger partial charge on any atom is -0.497 e. The van der Waals surface area contributed by atoms with E-state index in [1.54, 1.807) is 7.11 Å². The summed E-state index contributed by atoms with van der Waals surface area (Å²) in [5.74, 6) is 2.17. The second kappa shape index (κ2) is 9.96. The zero-order valence-electron chi connectivity index (χ0n) is 19.0. The maximum Gasteiger partial charge on any atom is 0.241 e. The summed E-state index contributed by atoms with van der Waals surface area (Å²) in [4.78, 5) is 21.7. The molecule has 168 valence electrons. The van der Waals surface area contributed by atoms with Crippen molar-refractivity contribution in [3.8, 4) is 17.1 Å². The molecule has 1 saturated heterocycles. The number of carbonyl (C=O) groups is 1. The normalized spacial score (nSPS) is 16.7. The Labute approximate surface area is 189 Å². The second-order valence-corrected chi connectivity index (χ2v) is 8.44. The molecule has 7 heteroatoms. The quantitative estimate of drug-likeness (QED) is 0.561. The summed E-state index contributed by atoms with van der Waals surface area (Å²) >= 11 is 0. The molecule has 0 aliphatic carbocycles. The number of nitrogens with zero attached hydrogens (tertiary/aromatic N) is 4. The van der Waals surface area contributed by atoms with E-state index in [0.717, 1.165) is 41.8 Å². The average molecular weight is 435 g/mol. The average Bonchev–Trinajstić information content (AvgIpc) is 3.27. The van der Waals surface area contributed by atoms with Crippen molar-refractivity contribution in [2.24, 2.45) is 5.92 Å². The molecular formula is C25H30N4O3. The number of hydrogen-bond acceptors (Lipinski definition) is 6. The molecular weight excluding hydrogens is 404 g/mol. The van der Waals surface area contributed by atoms with Gasteiger partial charge in [-0.1, -0.05) is 41.6 Å². The van der Waals surface area contributed by atoms with Crippen molar-refractivity contribution in [2.45, 2.75) is 32.9 Å². The van der Waals surface area contributed by atoms with E-state index >= 15 is 0 Å². The van der Waals surface area contributed by atoms with E-state index in [1.165, 1.54) is 0 Å². The minimum atomic E-state index is -0.0224. The molecule has 1 aromatic heterocycles. The van der Waals surface area contributed by atoms with E-state index in [0.29, 0.717) is 31.3 Å². The van der Waals surface area contributed by atoms with Crippen LogP contribution in [0.3, 0.4) is 0 Å². The molecule has 0 saturated carbocycles. The smallest absolute Gasteiger partial charge is 0.241 e. The lowest BCUT2D eigenvalue weighted by Gasteiger charge is -2.33. The van der Waals surface area contributed by atoms with Gasteiger partial charge in [-0.15, -0.1) is 0 Å². The van der Waals surface area contributed by atoms with Gasteiger partial charge in [-0.2, -0.15) is 4.98 Å². The Bertz CT molecular complexity index is 1050. The van der Waals surface area contributed by atoms with E-state index in [-0.39, 0.29) is 11.8 Å². The van der Waals surface area contributed by atoms with Gasteiger partial charge in [-0.3, -0.25) is 9.69 Å². The van der Waals surface area contributed by atoms with E-state index in [1.807, 2.05) is 67.4 Å². The lowest BCUT2D eigenvalue weighted by molar-refractivity contribution is -0.136. The monoisotopic (exact) mass is 434 g/mol. The van der Waals surface area contributed by atoms with Gasteiger partial charge in [-0.05, 0) is 49.6 Å². The first-order valence-electron chi connectivity index (χ1n) is 11.0. The molecule has 3 aromatic rings. The number of ether oxygens (including phenoxy) is 1. The van der Waals surface area contributed by atoms with Gasteiger partial charge >= 0.3 is 0 Å². The van der Waals surface area contributed by atoms with Crippen LogP contribution in [-0.2, 0) is 17.9 Å². The Balaban J connectivity index is 1.34. The van der Waals surface area contributed by atoms with E-state index in [9.17, 15) is 4.79 Å². The van der Waals surface area contributed by atoms with Gasteiger partial charge in [-0.25, -0.2) is 0 Å². The Hall–Kier alpha value is -3.19. The molecule has 4 rings (SSSR count). The van der Waals surface area contributed by atoms with Crippen molar-refractivity contribution in [3.63, 3.8) is 0 Å². The van der Waals surface area contributed by atoms with Crippen LogP contribution in [0.4, 0.5) is 0 Å². The maximum atomic E-state index is 13.1. The van der Waals surface area contributed by atoms with Crippen molar-refractivity contribution in [1.82, 2.24) is 19.9 Å². The van der Waals surface area contributed by atoms with Gasteiger partial charge in [0.15, 0.2) is 0 Å². The number of rotatable bonds is 7. The van der Waals surface area contributed by atoms with Gasteiger partial charge in [0, 0.05) is 25.7 Å². The highest BCUT2D eigenvalue weighted by molar-refractivity contribution is 5.79. The number of benzene rings is 2. The van der Waals surface area contributed by atoms with Gasteiger partial charge < -0.3 is 14.2 Å². The number of hydrogen-bond donors (Lipinski definition) is 0. The zero-order valence-corrected chi connectivity index (χ0v) is 19.0. The van der Waals surface area contributed by atoms with E-state index in [2.05, 4.69) is 15.0 Å². The first kappa shape index (κ1) is 22.0. The summed E-state index contributed by atoms with van der Waals surface area (Å²) in [6.07, 6.45) is 1.88. The summed E-state index contributed by atoms with van der Waals surface area (Å²) < 4.78 is 10.7. The van der Waals surface area contributed by atoms with Crippen molar-refractivity contribution in [1.29, 1.82) is 0 Å². The Morgan fingerprint density at radius 2 is 2.00 bits per heavy atom. The molecule has 7 nitrogen and oxygen atoms in total. The number of aryl methyl sites for hydroxylation is 1. The summed E-state index contributed by atoms with van der Waals surface area (Å²) in [7, 11) is 3.52. The largest absolute Gasteiger partial charge is 0.497 e. The van der Waals surface area contributed by atoms with Crippen LogP contribution in [0.25, 0.3) is 11.4 Å². The van der Waals surface area contributed by atoms with Gasteiger partial charge in [0.05, 0.1) is 19.6 Å². The molecule has 1 atom stereocenters. The lowest BCUT2D eigenvalue weighted by Crippen LogP contribution is -2.43. The summed E-state index contributed by atoms with van der Waals surface area (Å²) in [6.45, 7) is 4.81. The lowest BCUT2D eigenvalue weighted by atomic mass is 9.96. The highest BCUT2D eigenvalue weighted by Gasteiger charge is 2.29. The summed E-state index contributed by atoms with van der Waals surface area (Å²) in [5.41, 5.74) is 3.18. The van der Waals surface area contributed by atoms with Crippen LogP contribution in [0.1, 0.15) is 29.9 Å². The predicted molar refractivity (Wildman–Crippen MR) is 122 cm³/mol. The third-order valence-electron chi connectivity index (χ3n) is 6.02. The third-order valence-corrected chi connectivity index (χ3v) is 6.02. The molecule has 32 heavy (non-hydrogen) atoms. The highest BCUT2D eigenvalue weighted by Crippen LogP contribution is 2.23. The van der Waals surface area contributed by atoms with Crippen LogP contribution in [0.15, 0.2) is 53.1 Å². The molecule has 0 spiro atoms. The van der Waals surface area contributed by atoms with Crippen molar-refractivity contribution < 1.29 is 14.1 Å². The highest BCUT2D eigenvalue weighted by atomic mass is 16.5. The number of likely N-dealkylation sites (tertiary alicyclic amines) is 1. The van der Waals surface area contributed by atoms with Crippen molar-refractivity contribution >= 4 is 5.91 Å². The first-order valence-corrected chi connectivity index (χ1v) is 11.0.